The lowest BCUT2D eigenvalue weighted by Gasteiger charge is -2.31. The van der Waals surface area contributed by atoms with Crippen LogP contribution < -0.4 is 4.67 Å². The van der Waals surface area contributed by atoms with Gasteiger partial charge < -0.3 is 4.67 Å². The van der Waals surface area contributed by atoms with Gasteiger partial charge in [0.25, 0.3) is 0 Å². The highest BCUT2D eigenvalue weighted by Crippen LogP contribution is 2.64. The average Bonchev–Trinajstić information content (AvgIpc) is 2.19. The van der Waals surface area contributed by atoms with Gasteiger partial charge in [-0.3, -0.25) is 0 Å². The molecule has 1 nitrogen and oxygen atoms in total. The van der Waals surface area contributed by atoms with Crippen LogP contribution in [0.2, 0.25) is 0 Å². The predicted octanol–water partition coefficient (Wildman–Crippen LogP) is 5.39. The molecule has 0 spiro atoms. The SMILES string of the molecule is CCN(c1ccccc1)P(Cl)C(Cl)(Cl)Cl. The number of hydrogen-bond donors (Lipinski definition) is 0. The molecule has 0 saturated carbocycles. The summed E-state index contributed by atoms with van der Waals surface area (Å²) in [6.45, 7) is 2.67. The van der Waals surface area contributed by atoms with Crippen molar-refractivity contribution >= 4 is 59.2 Å². The fourth-order valence-electron chi connectivity index (χ4n) is 1.15. The second kappa shape index (κ2) is 5.80. The van der Waals surface area contributed by atoms with E-state index in [0.29, 0.717) is 6.54 Å². The Kier molecular flexibility index (Phi) is 5.28. The van der Waals surface area contributed by atoms with Crippen LogP contribution in [0.15, 0.2) is 30.3 Å². The third-order valence-corrected chi connectivity index (χ3v) is 6.66. The molecule has 1 aromatic carbocycles. The van der Waals surface area contributed by atoms with E-state index in [1.165, 1.54) is 0 Å². The Morgan fingerprint density at radius 2 is 1.73 bits per heavy atom. The second-order valence-corrected chi connectivity index (χ2v) is 8.49. The number of nitrogens with zero attached hydrogens (tertiary/aromatic N) is 1. The van der Waals surface area contributed by atoms with Gasteiger partial charge in [0.1, 0.15) is 7.43 Å². The van der Waals surface area contributed by atoms with E-state index in [2.05, 4.69) is 0 Å². The molecule has 0 aliphatic carbocycles. The fraction of sp³-hybridized carbons (Fsp3) is 0.333. The number of anilines is 1. The summed E-state index contributed by atoms with van der Waals surface area (Å²) < 4.78 is 0.451. The molecule has 0 aliphatic rings. The minimum absolute atomic E-state index is 0.702. The molecule has 0 radical (unpaired) electrons. The Bertz CT molecular complexity index is 301. The Labute approximate surface area is 111 Å². The first-order valence-electron chi connectivity index (χ1n) is 4.32. The molecule has 1 aromatic rings. The molecule has 0 bridgehead atoms. The van der Waals surface area contributed by atoms with Crippen LogP contribution in [0.3, 0.4) is 0 Å². The maximum absolute atomic E-state index is 6.15. The monoisotopic (exact) mass is 303 g/mol. The van der Waals surface area contributed by atoms with Crippen LogP contribution in [0.4, 0.5) is 5.69 Å². The van der Waals surface area contributed by atoms with Crippen molar-refractivity contribution in [3.05, 3.63) is 30.3 Å². The van der Waals surface area contributed by atoms with E-state index < -0.39 is 11.0 Å². The summed E-state index contributed by atoms with van der Waals surface area (Å²) in [6.07, 6.45) is 0. The third-order valence-electron chi connectivity index (χ3n) is 1.77. The summed E-state index contributed by atoms with van der Waals surface area (Å²) in [5.41, 5.74) is 0.965. The molecule has 6 heteroatoms. The van der Waals surface area contributed by atoms with Crippen molar-refractivity contribution in [1.82, 2.24) is 0 Å². The standard InChI is InChI=1S/C9H10Cl4NP/c1-2-14(15(13)9(10,11)12)8-6-4-3-5-7-8/h3-7H,2H2,1H3. The number of alkyl halides is 3. The first kappa shape index (κ1) is 13.7. The van der Waals surface area contributed by atoms with Gasteiger partial charge in [-0.1, -0.05) is 64.2 Å². The Morgan fingerprint density at radius 3 is 2.13 bits per heavy atom. The minimum Gasteiger partial charge on any atom is -0.335 e. The van der Waals surface area contributed by atoms with Crippen molar-refractivity contribution in [2.24, 2.45) is 0 Å². The quantitative estimate of drug-likeness (QED) is 0.534. The summed E-state index contributed by atoms with van der Waals surface area (Å²) in [6, 6.07) is 9.67. The number of hydrogen-bond acceptors (Lipinski definition) is 1. The zero-order valence-electron chi connectivity index (χ0n) is 8.00. The van der Waals surface area contributed by atoms with Crippen molar-refractivity contribution in [3.8, 4) is 0 Å². The van der Waals surface area contributed by atoms with Crippen molar-refractivity contribution in [2.45, 2.75) is 10.5 Å². The van der Waals surface area contributed by atoms with Crippen LogP contribution in [-0.4, -0.2) is 10.1 Å². The predicted molar refractivity (Wildman–Crippen MR) is 72.5 cm³/mol. The fourth-order valence-corrected chi connectivity index (χ4v) is 3.41. The zero-order chi connectivity index (χ0) is 11.5. The van der Waals surface area contributed by atoms with Gasteiger partial charge in [0.15, 0.2) is 0 Å². The van der Waals surface area contributed by atoms with Gasteiger partial charge in [-0.25, -0.2) is 0 Å². The molecule has 0 saturated heterocycles. The number of para-hydroxylation sites is 1. The molecule has 0 aliphatic heterocycles. The van der Waals surface area contributed by atoms with Gasteiger partial charge in [-0.05, 0) is 19.1 Å². The van der Waals surface area contributed by atoms with E-state index in [0.717, 1.165) is 5.69 Å². The molecule has 1 unspecified atom stereocenters. The third kappa shape index (κ3) is 3.84. The molecule has 1 atom stereocenters. The lowest BCUT2D eigenvalue weighted by molar-refractivity contribution is 1.10. The van der Waals surface area contributed by atoms with Gasteiger partial charge >= 0.3 is 0 Å². The van der Waals surface area contributed by atoms with Crippen LogP contribution in [0.1, 0.15) is 6.92 Å². The van der Waals surface area contributed by atoms with Crippen LogP contribution in [-0.2, 0) is 0 Å². The highest BCUT2D eigenvalue weighted by molar-refractivity contribution is 7.90. The average molecular weight is 305 g/mol. The van der Waals surface area contributed by atoms with E-state index >= 15 is 0 Å². The largest absolute Gasteiger partial charge is 0.335 e. The van der Waals surface area contributed by atoms with Crippen LogP contribution >= 0.6 is 53.5 Å². The summed E-state index contributed by atoms with van der Waals surface area (Å²) in [5, 5.41) is 0. The van der Waals surface area contributed by atoms with E-state index in [1.807, 2.05) is 41.9 Å². The Morgan fingerprint density at radius 1 is 1.20 bits per heavy atom. The molecule has 0 amide bonds. The van der Waals surface area contributed by atoms with Crippen molar-refractivity contribution in [2.75, 3.05) is 11.2 Å². The molecule has 0 aromatic heterocycles. The molecule has 0 N–H and O–H groups in total. The van der Waals surface area contributed by atoms with Gasteiger partial charge in [0, 0.05) is 12.2 Å². The van der Waals surface area contributed by atoms with Gasteiger partial charge in [0.05, 0.1) is 0 Å². The van der Waals surface area contributed by atoms with E-state index in [4.69, 9.17) is 46.0 Å². The van der Waals surface area contributed by atoms with Crippen molar-refractivity contribution in [1.29, 1.82) is 0 Å². The van der Waals surface area contributed by atoms with E-state index in [1.54, 1.807) is 0 Å². The van der Waals surface area contributed by atoms with Gasteiger partial charge in [0.2, 0.25) is 3.53 Å². The highest BCUT2D eigenvalue weighted by Gasteiger charge is 2.35. The molecular weight excluding hydrogens is 295 g/mol. The van der Waals surface area contributed by atoms with Crippen LogP contribution in [0, 0.1) is 0 Å². The normalized spacial score (nSPS) is 13.7. The summed E-state index contributed by atoms with van der Waals surface area (Å²) in [5.74, 6) is 0. The lowest BCUT2D eigenvalue weighted by atomic mass is 10.3. The summed E-state index contributed by atoms with van der Waals surface area (Å²) in [7, 11) is -1.36. The molecule has 0 fully saturated rings. The Balaban J connectivity index is 2.90. The molecule has 1 rings (SSSR count). The molecule has 15 heavy (non-hydrogen) atoms. The van der Waals surface area contributed by atoms with Crippen molar-refractivity contribution in [3.63, 3.8) is 0 Å². The van der Waals surface area contributed by atoms with Gasteiger partial charge in [-0.2, -0.15) is 0 Å². The minimum atomic E-state index is -1.44. The highest BCUT2D eigenvalue weighted by atomic mass is 35.7. The van der Waals surface area contributed by atoms with Crippen molar-refractivity contribution < 1.29 is 0 Å². The zero-order valence-corrected chi connectivity index (χ0v) is 11.9. The number of benzene rings is 1. The Hall–Kier alpha value is 0.610. The number of rotatable bonds is 3. The lowest BCUT2D eigenvalue weighted by Crippen LogP contribution is -2.19. The van der Waals surface area contributed by atoms with Crippen LogP contribution in [0.25, 0.3) is 0 Å². The second-order valence-electron chi connectivity index (χ2n) is 2.78. The first-order valence-corrected chi connectivity index (χ1v) is 7.65. The topological polar surface area (TPSA) is 3.24 Å². The van der Waals surface area contributed by atoms with E-state index in [-0.39, 0.29) is 0 Å². The summed E-state index contributed by atoms with van der Waals surface area (Å²) >= 11 is 23.5. The maximum Gasteiger partial charge on any atom is 0.241 e. The number of halogens is 4. The maximum atomic E-state index is 6.15. The van der Waals surface area contributed by atoms with Gasteiger partial charge in [-0.15, -0.1) is 0 Å². The first-order chi connectivity index (χ1) is 6.96. The summed E-state index contributed by atoms with van der Waals surface area (Å²) in [4.78, 5) is 0. The molecular formula is C9H10Cl4NP. The molecule has 84 valence electrons. The van der Waals surface area contributed by atoms with E-state index in [9.17, 15) is 0 Å². The smallest absolute Gasteiger partial charge is 0.241 e. The molecule has 0 heterocycles. The van der Waals surface area contributed by atoms with Crippen LogP contribution in [0.5, 0.6) is 0 Å².